The van der Waals surface area contributed by atoms with Gasteiger partial charge in [0.15, 0.2) is 0 Å². The maximum atomic E-state index is 11.4. The summed E-state index contributed by atoms with van der Waals surface area (Å²) in [6.45, 7) is 5.26. The third-order valence-electron chi connectivity index (χ3n) is 2.60. The van der Waals surface area contributed by atoms with Crippen LogP contribution in [0.25, 0.3) is 0 Å². The van der Waals surface area contributed by atoms with Crippen molar-refractivity contribution >= 4 is 11.6 Å². The van der Waals surface area contributed by atoms with Gasteiger partial charge in [0, 0.05) is 25.2 Å². The summed E-state index contributed by atoms with van der Waals surface area (Å²) in [6.07, 6.45) is 1.41. The van der Waals surface area contributed by atoms with Crippen molar-refractivity contribution in [3.8, 4) is 6.07 Å². The number of nitrogens with zero attached hydrogens (tertiary/aromatic N) is 1. The van der Waals surface area contributed by atoms with Gasteiger partial charge in [-0.05, 0) is 37.1 Å². The Balaban J connectivity index is 2.38. The first-order valence-electron chi connectivity index (χ1n) is 6.18. The van der Waals surface area contributed by atoms with Gasteiger partial charge in [0.05, 0.1) is 11.6 Å². The Labute approximate surface area is 108 Å². The van der Waals surface area contributed by atoms with Crippen LogP contribution in [0.5, 0.6) is 0 Å². The number of benzene rings is 1. The van der Waals surface area contributed by atoms with Crippen LogP contribution in [0.15, 0.2) is 18.2 Å². The van der Waals surface area contributed by atoms with E-state index in [0.29, 0.717) is 18.5 Å². The first-order chi connectivity index (χ1) is 8.67. The quantitative estimate of drug-likeness (QED) is 0.807. The van der Waals surface area contributed by atoms with Gasteiger partial charge in [-0.15, -0.1) is 0 Å². The van der Waals surface area contributed by atoms with Crippen molar-refractivity contribution in [2.24, 2.45) is 0 Å². The molecular weight excluding hydrogens is 226 g/mol. The van der Waals surface area contributed by atoms with Gasteiger partial charge in [0.2, 0.25) is 5.91 Å². The number of nitriles is 1. The van der Waals surface area contributed by atoms with Crippen LogP contribution in [-0.2, 0) is 4.79 Å². The van der Waals surface area contributed by atoms with E-state index in [1.165, 1.54) is 0 Å². The van der Waals surface area contributed by atoms with Gasteiger partial charge in [-0.3, -0.25) is 4.79 Å². The summed E-state index contributed by atoms with van der Waals surface area (Å²) in [6, 6.07) is 7.69. The lowest BCUT2D eigenvalue weighted by Crippen LogP contribution is -2.25. The van der Waals surface area contributed by atoms with E-state index in [-0.39, 0.29) is 5.91 Å². The maximum absolute atomic E-state index is 11.4. The number of carbonyl (C=O) groups excluding carboxylic acids is 1. The number of anilines is 1. The monoisotopic (exact) mass is 245 g/mol. The third kappa shape index (κ3) is 4.46. The molecule has 4 nitrogen and oxygen atoms in total. The molecule has 18 heavy (non-hydrogen) atoms. The molecule has 4 heteroatoms. The maximum Gasteiger partial charge on any atom is 0.221 e. The highest BCUT2D eigenvalue weighted by Crippen LogP contribution is 2.14. The molecule has 1 aromatic rings. The van der Waals surface area contributed by atoms with E-state index in [9.17, 15) is 4.79 Å². The predicted molar refractivity (Wildman–Crippen MR) is 72.3 cm³/mol. The Kier molecular flexibility index (Phi) is 5.72. The number of rotatable bonds is 6. The number of amides is 1. The fraction of sp³-hybridized carbons (Fsp3) is 0.429. The summed E-state index contributed by atoms with van der Waals surface area (Å²) in [5, 5.41) is 14.8. The fourth-order valence-corrected chi connectivity index (χ4v) is 1.57. The lowest BCUT2D eigenvalue weighted by molar-refractivity contribution is -0.120. The minimum Gasteiger partial charge on any atom is -0.385 e. The van der Waals surface area contributed by atoms with E-state index < -0.39 is 0 Å². The molecule has 0 aliphatic rings. The van der Waals surface area contributed by atoms with Crippen molar-refractivity contribution in [2.45, 2.75) is 26.7 Å². The van der Waals surface area contributed by atoms with Gasteiger partial charge in [-0.2, -0.15) is 5.26 Å². The molecule has 0 aliphatic carbocycles. The average Bonchev–Trinajstić information content (AvgIpc) is 2.36. The Hall–Kier alpha value is -2.02. The van der Waals surface area contributed by atoms with Crippen LogP contribution in [0.2, 0.25) is 0 Å². The molecule has 0 spiro atoms. The highest BCUT2D eigenvalue weighted by Gasteiger charge is 2.01. The first-order valence-corrected chi connectivity index (χ1v) is 6.18. The summed E-state index contributed by atoms with van der Waals surface area (Å²) in [5.74, 6) is 0.0646. The molecule has 0 aliphatic heterocycles. The minimum atomic E-state index is 0.0646. The summed E-state index contributed by atoms with van der Waals surface area (Å²) >= 11 is 0. The second kappa shape index (κ2) is 7.33. The summed E-state index contributed by atoms with van der Waals surface area (Å²) < 4.78 is 0. The summed E-state index contributed by atoms with van der Waals surface area (Å²) in [7, 11) is 0. The fourth-order valence-electron chi connectivity index (χ4n) is 1.57. The zero-order valence-electron chi connectivity index (χ0n) is 10.9. The zero-order chi connectivity index (χ0) is 13.4. The second-order valence-electron chi connectivity index (χ2n) is 4.17. The van der Waals surface area contributed by atoms with Crippen molar-refractivity contribution in [1.29, 1.82) is 5.26 Å². The van der Waals surface area contributed by atoms with Gasteiger partial charge in [0.25, 0.3) is 0 Å². The van der Waals surface area contributed by atoms with E-state index in [0.717, 1.165) is 24.2 Å². The van der Waals surface area contributed by atoms with Crippen molar-refractivity contribution in [3.05, 3.63) is 29.3 Å². The number of nitrogens with one attached hydrogen (secondary N) is 2. The van der Waals surface area contributed by atoms with Crippen LogP contribution in [0.4, 0.5) is 5.69 Å². The zero-order valence-corrected chi connectivity index (χ0v) is 10.9. The molecule has 0 radical (unpaired) electrons. The van der Waals surface area contributed by atoms with Crippen LogP contribution in [0.3, 0.4) is 0 Å². The van der Waals surface area contributed by atoms with Crippen LogP contribution < -0.4 is 10.6 Å². The lowest BCUT2D eigenvalue weighted by Gasteiger charge is -2.08. The number of carbonyl (C=O) groups is 1. The van der Waals surface area contributed by atoms with E-state index in [2.05, 4.69) is 16.7 Å². The third-order valence-corrected chi connectivity index (χ3v) is 2.60. The molecule has 0 heterocycles. The Bertz CT molecular complexity index is 449. The van der Waals surface area contributed by atoms with Gasteiger partial charge in [-0.25, -0.2) is 0 Å². The molecule has 0 fully saturated rings. The molecule has 1 rings (SSSR count). The number of hydrogen-bond donors (Lipinski definition) is 2. The summed E-state index contributed by atoms with van der Waals surface area (Å²) in [5.41, 5.74) is 2.56. The van der Waals surface area contributed by atoms with Crippen LogP contribution in [0.1, 0.15) is 30.9 Å². The number of hydrogen-bond acceptors (Lipinski definition) is 3. The van der Waals surface area contributed by atoms with Crippen molar-refractivity contribution in [3.63, 3.8) is 0 Å². The minimum absolute atomic E-state index is 0.0646. The molecule has 0 saturated carbocycles. The van der Waals surface area contributed by atoms with E-state index in [1.807, 2.05) is 26.0 Å². The molecular formula is C14H19N3O. The topological polar surface area (TPSA) is 64.9 Å². The van der Waals surface area contributed by atoms with Gasteiger partial charge in [-0.1, -0.05) is 6.92 Å². The van der Waals surface area contributed by atoms with Crippen molar-refractivity contribution in [2.75, 3.05) is 18.4 Å². The molecule has 0 unspecified atom stereocenters. The first kappa shape index (κ1) is 14.0. The lowest BCUT2D eigenvalue weighted by atomic mass is 10.1. The Morgan fingerprint density at radius 1 is 1.39 bits per heavy atom. The van der Waals surface area contributed by atoms with Crippen molar-refractivity contribution < 1.29 is 4.79 Å². The van der Waals surface area contributed by atoms with E-state index >= 15 is 0 Å². The average molecular weight is 245 g/mol. The van der Waals surface area contributed by atoms with Gasteiger partial charge >= 0.3 is 0 Å². The normalized spacial score (nSPS) is 9.61. The SMILES string of the molecule is CCCNC(=O)CCNc1ccc(C#N)c(C)c1. The number of aryl methyl sites for hydroxylation is 1. The molecule has 0 aromatic heterocycles. The molecule has 0 saturated heterocycles. The van der Waals surface area contributed by atoms with Crippen LogP contribution in [-0.4, -0.2) is 19.0 Å². The van der Waals surface area contributed by atoms with E-state index in [4.69, 9.17) is 5.26 Å². The molecule has 96 valence electrons. The van der Waals surface area contributed by atoms with Gasteiger partial charge in [0.1, 0.15) is 0 Å². The molecule has 0 bridgehead atoms. The van der Waals surface area contributed by atoms with Gasteiger partial charge < -0.3 is 10.6 Å². The van der Waals surface area contributed by atoms with Crippen LogP contribution in [0, 0.1) is 18.3 Å². The highest BCUT2D eigenvalue weighted by molar-refractivity contribution is 5.76. The van der Waals surface area contributed by atoms with Crippen LogP contribution >= 0.6 is 0 Å². The summed E-state index contributed by atoms with van der Waals surface area (Å²) in [4.78, 5) is 11.4. The molecule has 1 amide bonds. The Morgan fingerprint density at radius 3 is 2.78 bits per heavy atom. The predicted octanol–water partition coefficient (Wildman–Crippen LogP) is 2.19. The van der Waals surface area contributed by atoms with Crippen molar-refractivity contribution in [1.82, 2.24) is 5.32 Å². The smallest absolute Gasteiger partial charge is 0.221 e. The largest absolute Gasteiger partial charge is 0.385 e. The second-order valence-corrected chi connectivity index (χ2v) is 4.17. The Morgan fingerprint density at radius 2 is 2.17 bits per heavy atom. The molecule has 0 atom stereocenters. The highest BCUT2D eigenvalue weighted by atomic mass is 16.1. The van der Waals surface area contributed by atoms with E-state index in [1.54, 1.807) is 6.07 Å². The molecule has 2 N–H and O–H groups in total. The standard InChI is InChI=1S/C14H19N3O/c1-3-7-17-14(18)6-8-16-13-5-4-12(10-15)11(2)9-13/h4-5,9,16H,3,6-8H2,1-2H3,(H,17,18). The molecule has 1 aromatic carbocycles.